The lowest BCUT2D eigenvalue weighted by molar-refractivity contribution is 0.375. The van der Waals surface area contributed by atoms with Crippen LogP contribution in [0.5, 0.6) is 11.5 Å². The van der Waals surface area contributed by atoms with Crippen LogP contribution in [0.4, 0.5) is 0 Å². The second-order valence-electron chi connectivity index (χ2n) is 3.06. The molecule has 0 heterocycles. The van der Waals surface area contributed by atoms with E-state index in [1.807, 2.05) is 18.2 Å². The number of phenols is 1. The molecule has 0 atom stereocenters. The lowest BCUT2D eigenvalue weighted by Crippen LogP contribution is -1.88. The van der Waals surface area contributed by atoms with E-state index in [1.54, 1.807) is 6.07 Å². The molecule has 15 heavy (non-hydrogen) atoms. The predicted molar refractivity (Wildman–Crippen MR) is 62.2 cm³/mol. The van der Waals surface area contributed by atoms with E-state index in [-0.39, 0.29) is 16.5 Å². The number of methoxy groups -OCH3 is 1. The summed E-state index contributed by atoms with van der Waals surface area (Å²) in [5.41, 5.74) is 0. The van der Waals surface area contributed by atoms with Crippen molar-refractivity contribution in [3.63, 3.8) is 0 Å². The summed E-state index contributed by atoms with van der Waals surface area (Å²) in [4.78, 5) is 0. The van der Waals surface area contributed by atoms with Crippen molar-refractivity contribution in [2.24, 2.45) is 0 Å². The number of ether oxygens (including phenoxy) is 1. The number of halogens is 2. The molecule has 0 aliphatic rings. The maximum absolute atomic E-state index is 9.74. The van der Waals surface area contributed by atoms with Gasteiger partial charge in [-0.2, -0.15) is 0 Å². The van der Waals surface area contributed by atoms with Crippen molar-refractivity contribution in [1.82, 2.24) is 0 Å². The van der Waals surface area contributed by atoms with Crippen LogP contribution >= 0.6 is 23.2 Å². The number of phenolic OH excluding ortho intramolecular Hbond substituents is 1. The molecule has 0 amide bonds. The Morgan fingerprint density at radius 2 is 1.60 bits per heavy atom. The first-order valence-corrected chi connectivity index (χ1v) is 5.05. The van der Waals surface area contributed by atoms with E-state index < -0.39 is 0 Å². The molecule has 0 unspecified atom stereocenters. The third-order valence-corrected chi connectivity index (χ3v) is 2.98. The Bertz CT molecular complexity index is 523. The summed E-state index contributed by atoms with van der Waals surface area (Å²) in [7, 11) is 1.44. The minimum Gasteiger partial charge on any atom is -0.503 e. The fourth-order valence-electron chi connectivity index (χ4n) is 1.51. The van der Waals surface area contributed by atoms with Crippen molar-refractivity contribution in [2.75, 3.05) is 7.11 Å². The highest BCUT2D eigenvalue weighted by Gasteiger charge is 2.16. The zero-order valence-electron chi connectivity index (χ0n) is 7.92. The standard InChI is InChI=1S/C11H8Cl2O2/c1-15-11-9(13)7-5-3-2-4-6(7)8(12)10(11)14/h2-5,14H,1H3. The zero-order chi connectivity index (χ0) is 11.0. The first-order valence-electron chi connectivity index (χ1n) is 4.29. The lowest BCUT2D eigenvalue weighted by atomic mass is 10.1. The monoisotopic (exact) mass is 242 g/mol. The van der Waals surface area contributed by atoms with Crippen LogP contribution in [0.2, 0.25) is 10.0 Å². The highest BCUT2D eigenvalue weighted by atomic mass is 35.5. The second-order valence-corrected chi connectivity index (χ2v) is 3.81. The molecule has 0 aliphatic carbocycles. The molecule has 0 radical (unpaired) electrons. The van der Waals surface area contributed by atoms with Gasteiger partial charge in [0, 0.05) is 10.8 Å². The first-order chi connectivity index (χ1) is 7.16. The van der Waals surface area contributed by atoms with E-state index in [0.29, 0.717) is 10.4 Å². The molecule has 4 heteroatoms. The Kier molecular flexibility index (Phi) is 2.63. The highest BCUT2D eigenvalue weighted by Crippen LogP contribution is 2.46. The number of hydrogen-bond donors (Lipinski definition) is 1. The van der Waals surface area contributed by atoms with Gasteiger partial charge < -0.3 is 9.84 Å². The maximum atomic E-state index is 9.74. The van der Waals surface area contributed by atoms with Crippen molar-refractivity contribution in [1.29, 1.82) is 0 Å². The molecule has 0 aliphatic heterocycles. The van der Waals surface area contributed by atoms with Crippen LogP contribution < -0.4 is 4.74 Å². The molecule has 2 rings (SSSR count). The molecule has 1 N–H and O–H groups in total. The van der Waals surface area contributed by atoms with Crippen LogP contribution in [-0.4, -0.2) is 12.2 Å². The number of rotatable bonds is 1. The molecule has 0 fully saturated rings. The van der Waals surface area contributed by atoms with Crippen molar-refractivity contribution < 1.29 is 9.84 Å². The van der Waals surface area contributed by atoms with E-state index in [9.17, 15) is 5.11 Å². The fourth-order valence-corrected chi connectivity index (χ4v) is 2.09. The maximum Gasteiger partial charge on any atom is 0.181 e. The van der Waals surface area contributed by atoms with Gasteiger partial charge in [0.1, 0.15) is 0 Å². The lowest BCUT2D eigenvalue weighted by Gasteiger charge is -2.11. The first kappa shape index (κ1) is 10.4. The molecule has 2 nitrogen and oxygen atoms in total. The molecule has 2 aromatic rings. The second kappa shape index (κ2) is 3.80. The third-order valence-electron chi connectivity index (χ3n) is 2.23. The van der Waals surface area contributed by atoms with Gasteiger partial charge in [0.15, 0.2) is 11.5 Å². The summed E-state index contributed by atoms with van der Waals surface area (Å²) in [6.45, 7) is 0. The van der Waals surface area contributed by atoms with E-state index in [1.165, 1.54) is 7.11 Å². The van der Waals surface area contributed by atoms with Gasteiger partial charge >= 0.3 is 0 Å². The fraction of sp³-hybridized carbons (Fsp3) is 0.0909. The van der Waals surface area contributed by atoms with Gasteiger partial charge in [-0.05, 0) is 0 Å². The number of fused-ring (bicyclic) bond motifs is 1. The Labute approximate surface area is 97.0 Å². The molecule has 78 valence electrons. The number of benzene rings is 2. The highest BCUT2D eigenvalue weighted by molar-refractivity contribution is 6.42. The molecule has 0 bridgehead atoms. The molecule has 2 aromatic carbocycles. The topological polar surface area (TPSA) is 29.5 Å². The average molecular weight is 243 g/mol. The summed E-state index contributed by atoms with van der Waals surface area (Å²) >= 11 is 12.1. The summed E-state index contributed by atoms with van der Waals surface area (Å²) in [6, 6.07) is 7.30. The minimum atomic E-state index is -0.122. The van der Waals surface area contributed by atoms with Crippen molar-refractivity contribution >= 4 is 34.0 Å². The van der Waals surface area contributed by atoms with E-state index in [2.05, 4.69) is 0 Å². The van der Waals surface area contributed by atoms with Gasteiger partial charge in [-0.1, -0.05) is 47.5 Å². The van der Waals surface area contributed by atoms with Gasteiger partial charge in [0.2, 0.25) is 0 Å². The van der Waals surface area contributed by atoms with Crippen molar-refractivity contribution in [3.05, 3.63) is 34.3 Å². The smallest absolute Gasteiger partial charge is 0.181 e. The van der Waals surface area contributed by atoms with Gasteiger partial charge in [-0.15, -0.1) is 0 Å². The quantitative estimate of drug-likeness (QED) is 0.823. The van der Waals surface area contributed by atoms with Gasteiger partial charge in [0.05, 0.1) is 17.2 Å². The van der Waals surface area contributed by atoms with E-state index in [0.717, 1.165) is 5.39 Å². The Balaban J connectivity index is 2.96. The zero-order valence-corrected chi connectivity index (χ0v) is 9.43. The van der Waals surface area contributed by atoms with E-state index in [4.69, 9.17) is 27.9 Å². The van der Waals surface area contributed by atoms with Crippen LogP contribution in [0.1, 0.15) is 0 Å². The molecular formula is C11H8Cl2O2. The number of hydrogen-bond acceptors (Lipinski definition) is 2. The van der Waals surface area contributed by atoms with Crippen LogP contribution in [0, 0.1) is 0 Å². The average Bonchev–Trinajstić information content (AvgIpc) is 2.27. The largest absolute Gasteiger partial charge is 0.503 e. The third kappa shape index (κ3) is 1.50. The van der Waals surface area contributed by atoms with Crippen LogP contribution in [-0.2, 0) is 0 Å². The predicted octanol–water partition coefficient (Wildman–Crippen LogP) is 3.86. The van der Waals surface area contributed by atoms with Crippen LogP contribution in [0.25, 0.3) is 10.8 Å². The Morgan fingerprint density at radius 1 is 1.07 bits per heavy atom. The molecular weight excluding hydrogens is 235 g/mol. The normalized spacial score (nSPS) is 10.6. The van der Waals surface area contributed by atoms with Gasteiger partial charge in [0.25, 0.3) is 0 Å². The molecule has 0 spiro atoms. The Morgan fingerprint density at radius 3 is 2.13 bits per heavy atom. The van der Waals surface area contributed by atoms with Crippen molar-refractivity contribution in [3.8, 4) is 11.5 Å². The van der Waals surface area contributed by atoms with Gasteiger partial charge in [-0.3, -0.25) is 0 Å². The summed E-state index contributed by atoms with van der Waals surface area (Å²) < 4.78 is 5.00. The number of aromatic hydroxyl groups is 1. The Hall–Kier alpha value is -1.12. The summed E-state index contributed by atoms with van der Waals surface area (Å²) in [5.74, 6) is 0.0863. The van der Waals surface area contributed by atoms with Crippen LogP contribution in [0.15, 0.2) is 24.3 Å². The molecule has 0 saturated heterocycles. The SMILES string of the molecule is COc1c(O)c(Cl)c2ccccc2c1Cl. The van der Waals surface area contributed by atoms with E-state index >= 15 is 0 Å². The van der Waals surface area contributed by atoms with Crippen molar-refractivity contribution in [2.45, 2.75) is 0 Å². The minimum absolute atomic E-state index is 0.122. The summed E-state index contributed by atoms with van der Waals surface area (Å²) in [5, 5.41) is 11.8. The molecule has 0 aromatic heterocycles. The molecule has 0 saturated carbocycles. The van der Waals surface area contributed by atoms with Gasteiger partial charge in [-0.25, -0.2) is 0 Å². The summed E-state index contributed by atoms with van der Waals surface area (Å²) in [6.07, 6.45) is 0. The van der Waals surface area contributed by atoms with Crippen LogP contribution in [0.3, 0.4) is 0 Å².